The molecule has 4 nitrogen and oxygen atoms in total. The molecule has 0 fully saturated rings. The maximum absolute atomic E-state index is 12.2. The second-order valence-electron chi connectivity index (χ2n) is 3.89. The van der Waals surface area contributed by atoms with Crippen LogP contribution in [0.15, 0.2) is 16.3 Å². The van der Waals surface area contributed by atoms with Crippen molar-refractivity contribution in [1.82, 2.24) is 4.31 Å². The van der Waals surface area contributed by atoms with Gasteiger partial charge in [0.2, 0.25) is 0 Å². The SMILES string of the molecule is CCCC(C)N(C)S(=O)(=O)c1ccc(C#N)s1. The molecule has 94 valence electrons. The van der Waals surface area contributed by atoms with E-state index in [4.69, 9.17) is 5.26 Å². The Morgan fingerprint density at radius 2 is 2.18 bits per heavy atom. The Morgan fingerprint density at radius 1 is 1.53 bits per heavy atom. The van der Waals surface area contributed by atoms with E-state index in [-0.39, 0.29) is 10.3 Å². The highest BCUT2D eigenvalue weighted by atomic mass is 32.2. The van der Waals surface area contributed by atoms with Crippen molar-refractivity contribution in [2.45, 2.75) is 36.9 Å². The van der Waals surface area contributed by atoms with Crippen molar-refractivity contribution < 1.29 is 8.42 Å². The van der Waals surface area contributed by atoms with Gasteiger partial charge >= 0.3 is 0 Å². The lowest BCUT2D eigenvalue weighted by molar-refractivity contribution is 0.369. The van der Waals surface area contributed by atoms with Crippen molar-refractivity contribution >= 4 is 21.4 Å². The molecule has 0 amide bonds. The molecule has 1 atom stereocenters. The van der Waals surface area contributed by atoms with Crippen LogP contribution in [-0.4, -0.2) is 25.8 Å². The average molecular weight is 272 g/mol. The molecular weight excluding hydrogens is 256 g/mol. The van der Waals surface area contributed by atoms with E-state index < -0.39 is 10.0 Å². The molecule has 0 aromatic carbocycles. The first-order chi connectivity index (χ1) is 7.93. The number of nitriles is 1. The summed E-state index contributed by atoms with van der Waals surface area (Å²) in [5, 5.41) is 8.70. The van der Waals surface area contributed by atoms with E-state index in [0.29, 0.717) is 4.88 Å². The van der Waals surface area contributed by atoms with Crippen molar-refractivity contribution in [3.63, 3.8) is 0 Å². The van der Waals surface area contributed by atoms with Gasteiger partial charge in [0, 0.05) is 13.1 Å². The summed E-state index contributed by atoms with van der Waals surface area (Å²) in [5.41, 5.74) is 0. The Balaban J connectivity index is 2.99. The minimum absolute atomic E-state index is 0.0300. The van der Waals surface area contributed by atoms with Crippen LogP contribution in [0.2, 0.25) is 0 Å². The molecule has 1 aromatic rings. The van der Waals surface area contributed by atoms with Gasteiger partial charge in [-0.15, -0.1) is 11.3 Å². The summed E-state index contributed by atoms with van der Waals surface area (Å²) in [5.74, 6) is 0. The van der Waals surface area contributed by atoms with Crippen molar-refractivity contribution in [1.29, 1.82) is 5.26 Å². The van der Waals surface area contributed by atoms with Crippen molar-refractivity contribution in [2.24, 2.45) is 0 Å². The summed E-state index contributed by atoms with van der Waals surface area (Å²) < 4.78 is 26.0. The van der Waals surface area contributed by atoms with Crippen LogP contribution in [0, 0.1) is 11.3 Å². The van der Waals surface area contributed by atoms with Crippen LogP contribution in [0.1, 0.15) is 31.6 Å². The summed E-state index contributed by atoms with van der Waals surface area (Å²) in [6.07, 6.45) is 1.77. The van der Waals surface area contributed by atoms with Gasteiger partial charge in [0.25, 0.3) is 10.0 Å². The predicted octanol–water partition coefficient (Wildman–Crippen LogP) is 2.43. The maximum Gasteiger partial charge on any atom is 0.252 e. The third-order valence-electron chi connectivity index (χ3n) is 2.65. The van der Waals surface area contributed by atoms with Crippen LogP contribution >= 0.6 is 11.3 Å². The highest BCUT2D eigenvalue weighted by Crippen LogP contribution is 2.25. The molecule has 0 N–H and O–H groups in total. The molecule has 1 heterocycles. The zero-order chi connectivity index (χ0) is 13.1. The minimum atomic E-state index is -3.45. The summed E-state index contributed by atoms with van der Waals surface area (Å²) in [4.78, 5) is 0.417. The van der Waals surface area contributed by atoms with Gasteiger partial charge in [0.1, 0.15) is 15.2 Å². The summed E-state index contributed by atoms with van der Waals surface area (Å²) in [6, 6.07) is 4.95. The van der Waals surface area contributed by atoms with Gasteiger partial charge in [0.15, 0.2) is 0 Å². The number of sulfonamides is 1. The fraction of sp³-hybridized carbons (Fsp3) is 0.545. The second-order valence-corrected chi connectivity index (χ2v) is 7.20. The Labute approximate surface area is 107 Å². The topological polar surface area (TPSA) is 61.2 Å². The largest absolute Gasteiger partial charge is 0.252 e. The molecule has 1 rings (SSSR count). The van der Waals surface area contributed by atoms with Gasteiger partial charge in [0.05, 0.1) is 0 Å². The molecule has 1 aromatic heterocycles. The first-order valence-electron chi connectivity index (χ1n) is 5.41. The molecule has 0 aliphatic rings. The number of nitrogens with zero attached hydrogens (tertiary/aromatic N) is 2. The van der Waals surface area contributed by atoms with Gasteiger partial charge in [-0.25, -0.2) is 8.42 Å². The smallest absolute Gasteiger partial charge is 0.206 e. The molecule has 6 heteroatoms. The number of rotatable bonds is 5. The Kier molecular flexibility index (Phi) is 4.69. The molecule has 0 aliphatic heterocycles. The van der Waals surface area contributed by atoms with Gasteiger partial charge in [-0.05, 0) is 25.5 Å². The molecule has 0 saturated carbocycles. The predicted molar refractivity (Wildman–Crippen MR) is 68.4 cm³/mol. The van der Waals surface area contributed by atoms with Crippen LogP contribution < -0.4 is 0 Å². The van der Waals surface area contributed by atoms with Gasteiger partial charge in [-0.2, -0.15) is 9.57 Å². The highest BCUT2D eigenvalue weighted by molar-refractivity contribution is 7.91. The normalized spacial score (nSPS) is 13.6. The van der Waals surface area contributed by atoms with E-state index in [1.165, 1.54) is 16.4 Å². The van der Waals surface area contributed by atoms with Crippen molar-refractivity contribution in [3.8, 4) is 6.07 Å². The summed E-state index contributed by atoms with van der Waals surface area (Å²) in [7, 11) is -1.86. The quantitative estimate of drug-likeness (QED) is 0.827. The first-order valence-corrected chi connectivity index (χ1v) is 7.67. The van der Waals surface area contributed by atoms with Crippen LogP contribution in [-0.2, 0) is 10.0 Å². The second kappa shape index (κ2) is 5.63. The van der Waals surface area contributed by atoms with E-state index >= 15 is 0 Å². The van der Waals surface area contributed by atoms with E-state index in [9.17, 15) is 8.42 Å². The van der Waals surface area contributed by atoms with E-state index in [1.54, 1.807) is 7.05 Å². The Morgan fingerprint density at radius 3 is 2.65 bits per heavy atom. The number of hydrogen-bond donors (Lipinski definition) is 0. The lowest BCUT2D eigenvalue weighted by Gasteiger charge is -2.23. The molecule has 0 saturated heterocycles. The Hall–Kier alpha value is -0.900. The minimum Gasteiger partial charge on any atom is -0.206 e. The number of thiophene rings is 1. The molecule has 0 bridgehead atoms. The van der Waals surface area contributed by atoms with Crippen molar-refractivity contribution in [2.75, 3.05) is 7.05 Å². The molecule has 0 spiro atoms. The fourth-order valence-electron chi connectivity index (χ4n) is 1.50. The van der Waals surface area contributed by atoms with E-state index in [2.05, 4.69) is 0 Å². The lowest BCUT2D eigenvalue weighted by Crippen LogP contribution is -2.34. The van der Waals surface area contributed by atoms with Gasteiger partial charge in [-0.1, -0.05) is 13.3 Å². The number of hydrogen-bond acceptors (Lipinski definition) is 4. The van der Waals surface area contributed by atoms with Gasteiger partial charge < -0.3 is 0 Å². The van der Waals surface area contributed by atoms with Crippen LogP contribution in [0.4, 0.5) is 0 Å². The third kappa shape index (κ3) is 3.06. The first kappa shape index (κ1) is 14.2. The highest BCUT2D eigenvalue weighted by Gasteiger charge is 2.26. The van der Waals surface area contributed by atoms with Crippen molar-refractivity contribution in [3.05, 3.63) is 17.0 Å². The molecule has 1 unspecified atom stereocenters. The van der Waals surface area contributed by atoms with Gasteiger partial charge in [-0.3, -0.25) is 0 Å². The lowest BCUT2D eigenvalue weighted by atomic mass is 10.2. The zero-order valence-corrected chi connectivity index (χ0v) is 11.8. The summed E-state index contributed by atoms with van der Waals surface area (Å²) >= 11 is 1.01. The molecule has 17 heavy (non-hydrogen) atoms. The van der Waals surface area contributed by atoms with E-state index in [1.807, 2.05) is 19.9 Å². The monoisotopic (exact) mass is 272 g/mol. The molecule has 0 aliphatic carbocycles. The Bertz CT molecular complexity index is 514. The molecular formula is C11H16N2O2S2. The van der Waals surface area contributed by atoms with Crippen LogP contribution in [0.5, 0.6) is 0 Å². The average Bonchev–Trinajstić information content (AvgIpc) is 2.77. The maximum atomic E-state index is 12.2. The summed E-state index contributed by atoms with van der Waals surface area (Å²) in [6.45, 7) is 3.91. The van der Waals surface area contributed by atoms with E-state index in [0.717, 1.165) is 24.2 Å². The van der Waals surface area contributed by atoms with Crippen LogP contribution in [0.25, 0.3) is 0 Å². The zero-order valence-electron chi connectivity index (χ0n) is 10.2. The van der Waals surface area contributed by atoms with Crippen LogP contribution in [0.3, 0.4) is 0 Å². The third-order valence-corrected chi connectivity index (χ3v) is 6.08. The standard InChI is InChI=1S/C11H16N2O2S2/c1-4-5-9(2)13(3)17(14,15)11-7-6-10(8-12)16-11/h6-7,9H,4-5H2,1-3H3. The fourth-order valence-corrected chi connectivity index (χ4v) is 4.18. The molecule has 0 radical (unpaired) electrons.